The molecule has 1 unspecified atom stereocenters. The third-order valence-corrected chi connectivity index (χ3v) is 3.62. The van der Waals surface area contributed by atoms with Crippen LogP contribution in [0.4, 0.5) is 15.8 Å². The van der Waals surface area contributed by atoms with E-state index in [1.54, 1.807) is 18.2 Å². The molecular formula is C14H9Cl2FN2O. The third-order valence-electron chi connectivity index (χ3n) is 3.08. The lowest BCUT2D eigenvalue weighted by molar-refractivity contribution is -0.116. The van der Waals surface area contributed by atoms with E-state index in [4.69, 9.17) is 23.2 Å². The topological polar surface area (TPSA) is 41.1 Å². The molecule has 2 aromatic carbocycles. The fourth-order valence-corrected chi connectivity index (χ4v) is 2.54. The monoisotopic (exact) mass is 310 g/mol. The minimum atomic E-state index is -0.605. The van der Waals surface area contributed by atoms with Crippen LogP contribution in [0, 0.1) is 5.82 Å². The minimum Gasteiger partial charge on any atom is -0.369 e. The maximum atomic E-state index is 13.0. The predicted molar refractivity (Wildman–Crippen MR) is 77.9 cm³/mol. The molecular weight excluding hydrogens is 302 g/mol. The summed E-state index contributed by atoms with van der Waals surface area (Å²) in [5.41, 5.74) is 1.93. The van der Waals surface area contributed by atoms with Gasteiger partial charge in [0.2, 0.25) is 0 Å². The number of benzene rings is 2. The molecule has 1 amide bonds. The molecule has 0 radical (unpaired) electrons. The van der Waals surface area contributed by atoms with Gasteiger partial charge in [0, 0.05) is 16.3 Å². The quantitative estimate of drug-likeness (QED) is 0.871. The summed E-state index contributed by atoms with van der Waals surface area (Å²) in [7, 11) is 0. The van der Waals surface area contributed by atoms with Crippen molar-refractivity contribution in [1.82, 2.24) is 0 Å². The summed E-state index contributed by atoms with van der Waals surface area (Å²) in [6.07, 6.45) is 0. The highest BCUT2D eigenvalue weighted by Gasteiger charge is 2.31. The average Bonchev–Trinajstić information content (AvgIpc) is 2.69. The summed E-state index contributed by atoms with van der Waals surface area (Å²) >= 11 is 11.9. The Labute approximate surface area is 124 Å². The Bertz CT molecular complexity index is 706. The fraction of sp³-hybridized carbons (Fsp3) is 0.0714. The van der Waals surface area contributed by atoms with Crippen molar-refractivity contribution in [1.29, 1.82) is 0 Å². The molecule has 1 aliphatic heterocycles. The molecule has 1 heterocycles. The number of fused-ring (bicyclic) bond motifs is 1. The first-order valence-corrected chi connectivity index (χ1v) is 6.62. The van der Waals surface area contributed by atoms with Gasteiger partial charge in [-0.1, -0.05) is 23.2 Å². The fourth-order valence-electron chi connectivity index (χ4n) is 2.14. The smallest absolute Gasteiger partial charge is 0.251 e. The zero-order valence-corrected chi connectivity index (χ0v) is 11.6. The second-order valence-electron chi connectivity index (χ2n) is 4.42. The van der Waals surface area contributed by atoms with Crippen LogP contribution in [0.25, 0.3) is 0 Å². The van der Waals surface area contributed by atoms with Crippen molar-refractivity contribution in [2.45, 2.75) is 6.04 Å². The molecule has 6 heteroatoms. The number of amides is 1. The molecule has 0 saturated carbocycles. The summed E-state index contributed by atoms with van der Waals surface area (Å²) in [5, 5.41) is 6.50. The van der Waals surface area contributed by atoms with E-state index in [2.05, 4.69) is 10.6 Å². The van der Waals surface area contributed by atoms with E-state index in [9.17, 15) is 9.18 Å². The summed E-state index contributed by atoms with van der Waals surface area (Å²) in [5.74, 6) is -0.637. The normalized spacial score (nSPS) is 16.8. The van der Waals surface area contributed by atoms with Crippen LogP contribution in [0.15, 0.2) is 36.4 Å². The number of rotatable bonds is 2. The molecule has 3 nitrogen and oxygen atoms in total. The van der Waals surface area contributed by atoms with E-state index in [1.165, 1.54) is 18.2 Å². The first-order valence-electron chi connectivity index (χ1n) is 5.86. The number of carbonyl (C=O) groups excluding carboxylic acids is 1. The summed E-state index contributed by atoms with van der Waals surface area (Å²) in [6.45, 7) is 0. The molecule has 0 aromatic heterocycles. The molecule has 1 aliphatic rings. The van der Waals surface area contributed by atoms with Crippen molar-refractivity contribution in [3.63, 3.8) is 0 Å². The van der Waals surface area contributed by atoms with Gasteiger partial charge in [-0.15, -0.1) is 0 Å². The van der Waals surface area contributed by atoms with Crippen molar-refractivity contribution in [2.75, 3.05) is 10.6 Å². The standard InChI is InChI=1S/C14H9Cl2FN2O/c15-7-1-3-11-9(5-7)13(14(20)19-11)18-12-4-2-8(17)6-10(12)16/h1-6,13,18H,(H,19,20). The molecule has 102 valence electrons. The highest BCUT2D eigenvalue weighted by Crippen LogP contribution is 2.36. The van der Waals surface area contributed by atoms with E-state index in [0.717, 1.165) is 5.56 Å². The van der Waals surface area contributed by atoms with E-state index < -0.39 is 11.9 Å². The number of anilines is 2. The zero-order valence-electron chi connectivity index (χ0n) is 10.1. The third kappa shape index (κ3) is 2.32. The second kappa shape index (κ2) is 4.96. The molecule has 0 bridgehead atoms. The van der Waals surface area contributed by atoms with Gasteiger partial charge in [0.1, 0.15) is 11.9 Å². The zero-order chi connectivity index (χ0) is 14.3. The summed E-state index contributed by atoms with van der Waals surface area (Å²) < 4.78 is 13.0. The van der Waals surface area contributed by atoms with Crippen molar-refractivity contribution in [2.24, 2.45) is 0 Å². The van der Waals surface area contributed by atoms with Crippen molar-refractivity contribution < 1.29 is 9.18 Å². The van der Waals surface area contributed by atoms with E-state index in [-0.39, 0.29) is 10.9 Å². The van der Waals surface area contributed by atoms with Crippen LogP contribution in [0.1, 0.15) is 11.6 Å². The SMILES string of the molecule is O=C1Nc2ccc(Cl)cc2C1Nc1ccc(F)cc1Cl. The van der Waals surface area contributed by atoms with Crippen LogP contribution < -0.4 is 10.6 Å². The van der Waals surface area contributed by atoms with Crippen LogP contribution >= 0.6 is 23.2 Å². The number of halogens is 3. The second-order valence-corrected chi connectivity index (χ2v) is 5.27. The molecule has 2 N–H and O–H groups in total. The molecule has 0 aliphatic carbocycles. The Morgan fingerprint density at radius 2 is 1.95 bits per heavy atom. The van der Waals surface area contributed by atoms with Gasteiger partial charge in [0.05, 0.1) is 10.7 Å². The van der Waals surface area contributed by atoms with Gasteiger partial charge < -0.3 is 10.6 Å². The van der Waals surface area contributed by atoms with Gasteiger partial charge in [-0.05, 0) is 36.4 Å². The lowest BCUT2D eigenvalue weighted by atomic mass is 10.1. The van der Waals surface area contributed by atoms with Gasteiger partial charge in [0.15, 0.2) is 0 Å². The van der Waals surface area contributed by atoms with E-state index >= 15 is 0 Å². The number of nitrogens with one attached hydrogen (secondary N) is 2. The number of hydrogen-bond acceptors (Lipinski definition) is 2. The van der Waals surface area contributed by atoms with Crippen LogP contribution in [0.2, 0.25) is 10.0 Å². The molecule has 0 saturated heterocycles. The lowest BCUT2D eigenvalue weighted by Gasteiger charge is -2.14. The van der Waals surface area contributed by atoms with Gasteiger partial charge in [-0.3, -0.25) is 4.79 Å². The predicted octanol–water partition coefficient (Wildman–Crippen LogP) is 4.24. The number of carbonyl (C=O) groups is 1. The Hall–Kier alpha value is -1.78. The first kappa shape index (κ1) is 13.2. The lowest BCUT2D eigenvalue weighted by Crippen LogP contribution is -2.19. The summed E-state index contributed by atoms with van der Waals surface area (Å²) in [6, 6.07) is 8.51. The first-order chi connectivity index (χ1) is 9.54. The Morgan fingerprint density at radius 1 is 1.15 bits per heavy atom. The molecule has 20 heavy (non-hydrogen) atoms. The maximum Gasteiger partial charge on any atom is 0.251 e. The van der Waals surface area contributed by atoms with E-state index in [1.807, 2.05) is 0 Å². The van der Waals surface area contributed by atoms with Crippen LogP contribution in [-0.4, -0.2) is 5.91 Å². The molecule has 0 fully saturated rings. The molecule has 2 aromatic rings. The average molecular weight is 311 g/mol. The highest BCUT2D eigenvalue weighted by molar-refractivity contribution is 6.33. The van der Waals surface area contributed by atoms with Crippen LogP contribution in [-0.2, 0) is 4.79 Å². The van der Waals surface area contributed by atoms with Gasteiger partial charge in [-0.25, -0.2) is 4.39 Å². The van der Waals surface area contributed by atoms with Crippen molar-refractivity contribution in [3.8, 4) is 0 Å². The van der Waals surface area contributed by atoms with Gasteiger partial charge >= 0.3 is 0 Å². The van der Waals surface area contributed by atoms with Crippen molar-refractivity contribution >= 4 is 40.5 Å². The highest BCUT2D eigenvalue weighted by atomic mass is 35.5. The molecule has 0 spiro atoms. The summed E-state index contributed by atoms with van der Waals surface area (Å²) in [4.78, 5) is 12.0. The van der Waals surface area contributed by atoms with Crippen molar-refractivity contribution in [3.05, 3.63) is 57.8 Å². The molecule has 3 rings (SSSR count). The minimum absolute atomic E-state index is 0.206. The van der Waals surface area contributed by atoms with Gasteiger partial charge in [0.25, 0.3) is 5.91 Å². The maximum absolute atomic E-state index is 13.0. The Morgan fingerprint density at radius 3 is 2.70 bits per heavy atom. The van der Waals surface area contributed by atoms with E-state index in [0.29, 0.717) is 16.4 Å². The Kier molecular flexibility index (Phi) is 3.28. The largest absolute Gasteiger partial charge is 0.369 e. The number of hydrogen-bond donors (Lipinski definition) is 2. The van der Waals surface area contributed by atoms with Crippen LogP contribution in [0.3, 0.4) is 0 Å². The van der Waals surface area contributed by atoms with Crippen LogP contribution in [0.5, 0.6) is 0 Å². The molecule has 1 atom stereocenters. The van der Waals surface area contributed by atoms with Gasteiger partial charge in [-0.2, -0.15) is 0 Å². The Balaban J connectivity index is 1.95.